The second-order valence-electron chi connectivity index (χ2n) is 6.14. The lowest BCUT2D eigenvalue weighted by Gasteiger charge is -2.30. The first kappa shape index (κ1) is 14.8. The summed E-state index contributed by atoms with van der Waals surface area (Å²) in [7, 11) is 0. The fourth-order valence-electron chi connectivity index (χ4n) is 3.09. The molecule has 0 aromatic carbocycles. The van der Waals surface area contributed by atoms with Crippen LogP contribution >= 0.6 is 0 Å². The third-order valence-electron chi connectivity index (χ3n) is 4.41. The summed E-state index contributed by atoms with van der Waals surface area (Å²) >= 11 is 0. The van der Waals surface area contributed by atoms with Crippen LogP contribution in [0.15, 0.2) is 23.0 Å². The molecule has 4 rings (SSSR count). The van der Waals surface area contributed by atoms with Crippen LogP contribution in [-0.4, -0.2) is 48.6 Å². The van der Waals surface area contributed by atoms with Crippen LogP contribution in [0.4, 0.5) is 0 Å². The fourth-order valence-corrected chi connectivity index (χ4v) is 3.09. The van der Waals surface area contributed by atoms with E-state index in [0.29, 0.717) is 36.0 Å². The molecule has 0 atom stereocenters. The Morgan fingerprint density at radius 3 is 2.75 bits per heavy atom. The van der Waals surface area contributed by atoms with Gasteiger partial charge < -0.3 is 9.42 Å². The van der Waals surface area contributed by atoms with E-state index in [4.69, 9.17) is 4.52 Å². The van der Waals surface area contributed by atoms with Crippen molar-refractivity contribution in [3.8, 4) is 0 Å². The van der Waals surface area contributed by atoms with Crippen molar-refractivity contribution in [2.24, 2.45) is 0 Å². The summed E-state index contributed by atoms with van der Waals surface area (Å²) in [5.41, 5.74) is 2.02. The van der Waals surface area contributed by atoms with E-state index in [2.05, 4.69) is 20.2 Å². The van der Waals surface area contributed by atoms with Gasteiger partial charge in [-0.05, 0) is 32.8 Å². The molecule has 0 saturated carbocycles. The molecule has 0 N–H and O–H groups in total. The van der Waals surface area contributed by atoms with Crippen molar-refractivity contribution in [2.75, 3.05) is 13.1 Å². The third kappa shape index (κ3) is 2.53. The number of aromatic nitrogens is 5. The molecule has 3 aromatic rings. The number of hydrogen-bond acceptors (Lipinski definition) is 6. The molecule has 8 heteroatoms. The van der Waals surface area contributed by atoms with E-state index in [-0.39, 0.29) is 11.8 Å². The zero-order chi connectivity index (χ0) is 16.7. The van der Waals surface area contributed by atoms with E-state index in [1.165, 1.54) is 0 Å². The normalized spacial score (nSPS) is 16.0. The Balaban J connectivity index is 1.50. The van der Waals surface area contributed by atoms with Gasteiger partial charge in [-0.25, -0.2) is 9.50 Å². The number of carbonyl (C=O) groups is 1. The van der Waals surface area contributed by atoms with Crippen molar-refractivity contribution >= 4 is 11.6 Å². The second-order valence-corrected chi connectivity index (χ2v) is 6.14. The third-order valence-corrected chi connectivity index (χ3v) is 4.41. The van der Waals surface area contributed by atoms with Gasteiger partial charge in [0.05, 0.1) is 6.20 Å². The SMILES string of the molecule is Cc1ccn2ncc(C(=O)N3CCC(c4nc(C)no4)CC3)c2n1. The predicted octanol–water partition coefficient (Wildman–Crippen LogP) is 1.75. The molecule has 4 heterocycles. The second kappa shape index (κ2) is 5.70. The molecule has 0 unspecified atom stereocenters. The molecule has 1 aliphatic rings. The molecule has 1 fully saturated rings. The van der Waals surface area contributed by atoms with E-state index in [9.17, 15) is 4.79 Å². The quantitative estimate of drug-likeness (QED) is 0.713. The van der Waals surface area contributed by atoms with Gasteiger partial charge in [0, 0.05) is 30.9 Å². The molecule has 0 aliphatic carbocycles. The Morgan fingerprint density at radius 2 is 2.04 bits per heavy atom. The number of piperidine rings is 1. The van der Waals surface area contributed by atoms with Crippen LogP contribution in [0.1, 0.15) is 46.5 Å². The fraction of sp³-hybridized carbons (Fsp3) is 0.438. The van der Waals surface area contributed by atoms with Crippen LogP contribution in [0.3, 0.4) is 0 Å². The van der Waals surface area contributed by atoms with E-state index < -0.39 is 0 Å². The average molecular weight is 326 g/mol. The monoisotopic (exact) mass is 326 g/mol. The highest BCUT2D eigenvalue weighted by molar-refractivity contribution is 5.99. The number of nitrogens with zero attached hydrogens (tertiary/aromatic N) is 6. The summed E-state index contributed by atoms with van der Waals surface area (Å²) in [4.78, 5) is 23.4. The Morgan fingerprint density at radius 1 is 1.25 bits per heavy atom. The molecule has 8 nitrogen and oxygen atoms in total. The van der Waals surface area contributed by atoms with E-state index in [1.807, 2.05) is 31.0 Å². The van der Waals surface area contributed by atoms with Gasteiger partial charge in [0.1, 0.15) is 5.56 Å². The van der Waals surface area contributed by atoms with Crippen molar-refractivity contribution < 1.29 is 9.32 Å². The first-order chi connectivity index (χ1) is 11.6. The first-order valence-electron chi connectivity index (χ1n) is 8.02. The minimum atomic E-state index is -0.0248. The number of hydrogen-bond donors (Lipinski definition) is 0. The molecule has 124 valence electrons. The molecule has 1 saturated heterocycles. The number of amides is 1. The number of likely N-dealkylation sites (tertiary alicyclic amines) is 1. The van der Waals surface area contributed by atoms with Crippen LogP contribution < -0.4 is 0 Å². The molecule has 1 amide bonds. The average Bonchev–Trinajstić information content (AvgIpc) is 3.20. The lowest BCUT2D eigenvalue weighted by molar-refractivity contribution is 0.0706. The molecular weight excluding hydrogens is 308 g/mol. The smallest absolute Gasteiger partial charge is 0.259 e. The number of carbonyl (C=O) groups excluding carboxylic acids is 1. The van der Waals surface area contributed by atoms with Crippen molar-refractivity contribution in [1.82, 2.24) is 29.6 Å². The van der Waals surface area contributed by atoms with Crippen LogP contribution in [-0.2, 0) is 0 Å². The Labute approximate surface area is 138 Å². The summed E-state index contributed by atoms with van der Waals surface area (Å²) in [6, 6.07) is 1.87. The van der Waals surface area contributed by atoms with Gasteiger partial charge in [-0.1, -0.05) is 5.16 Å². The number of aryl methyl sites for hydroxylation is 2. The Hall–Kier alpha value is -2.77. The lowest BCUT2D eigenvalue weighted by atomic mass is 9.96. The zero-order valence-electron chi connectivity index (χ0n) is 13.6. The summed E-state index contributed by atoms with van der Waals surface area (Å²) in [5, 5.41) is 8.06. The molecule has 0 bridgehead atoms. The van der Waals surface area contributed by atoms with E-state index >= 15 is 0 Å². The van der Waals surface area contributed by atoms with Crippen LogP contribution in [0.25, 0.3) is 5.65 Å². The van der Waals surface area contributed by atoms with Gasteiger partial charge in [0.25, 0.3) is 5.91 Å². The van der Waals surface area contributed by atoms with Gasteiger partial charge in [-0.15, -0.1) is 0 Å². The van der Waals surface area contributed by atoms with Gasteiger partial charge in [-0.2, -0.15) is 10.1 Å². The summed E-state index contributed by atoms with van der Waals surface area (Å²) < 4.78 is 6.89. The minimum absolute atomic E-state index is 0.0248. The van der Waals surface area contributed by atoms with E-state index in [0.717, 1.165) is 18.5 Å². The first-order valence-corrected chi connectivity index (χ1v) is 8.02. The maximum absolute atomic E-state index is 12.8. The predicted molar refractivity (Wildman–Crippen MR) is 84.6 cm³/mol. The van der Waals surface area contributed by atoms with Gasteiger partial charge >= 0.3 is 0 Å². The maximum atomic E-state index is 12.8. The molecule has 1 aliphatic heterocycles. The van der Waals surface area contributed by atoms with Crippen LogP contribution in [0.5, 0.6) is 0 Å². The Bertz CT molecular complexity index is 891. The van der Waals surface area contributed by atoms with Crippen LogP contribution in [0.2, 0.25) is 0 Å². The standard InChI is InChI=1S/C16H18N6O2/c1-10-3-8-22-14(18-10)13(9-17-22)16(23)21-6-4-12(5-7-21)15-19-11(2)20-24-15/h3,8-9,12H,4-7H2,1-2H3. The van der Waals surface area contributed by atoms with Crippen molar-refractivity contribution in [1.29, 1.82) is 0 Å². The highest BCUT2D eigenvalue weighted by atomic mass is 16.5. The summed E-state index contributed by atoms with van der Waals surface area (Å²) in [5.74, 6) is 1.52. The Kier molecular flexibility index (Phi) is 3.51. The lowest BCUT2D eigenvalue weighted by Crippen LogP contribution is -2.38. The van der Waals surface area contributed by atoms with Crippen LogP contribution in [0, 0.1) is 13.8 Å². The highest BCUT2D eigenvalue weighted by Gasteiger charge is 2.29. The van der Waals surface area contributed by atoms with Crippen molar-refractivity contribution in [3.05, 3.63) is 41.4 Å². The molecule has 3 aromatic heterocycles. The highest BCUT2D eigenvalue weighted by Crippen LogP contribution is 2.27. The zero-order valence-corrected chi connectivity index (χ0v) is 13.6. The molecule has 0 spiro atoms. The van der Waals surface area contributed by atoms with Crippen molar-refractivity contribution in [2.45, 2.75) is 32.6 Å². The van der Waals surface area contributed by atoms with E-state index in [1.54, 1.807) is 10.7 Å². The van der Waals surface area contributed by atoms with Crippen molar-refractivity contribution in [3.63, 3.8) is 0 Å². The number of rotatable bonds is 2. The molecular formula is C16H18N6O2. The van der Waals surface area contributed by atoms with Gasteiger partial charge in [0.15, 0.2) is 11.5 Å². The summed E-state index contributed by atoms with van der Waals surface area (Å²) in [6.45, 7) is 5.03. The van der Waals surface area contributed by atoms with Gasteiger partial charge in [-0.3, -0.25) is 4.79 Å². The molecule has 24 heavy (non-hydrogen) atoms. The summed E-state index contributed by atoms with van der Waals surface area (Å²) in [6.07, 6.45) is 5.05. The maximum Gasteiger partial charge on any atom is 0.259 e. The largest absolute Gasteiger partial charge is 0.339 e. The number of fused-ring (bicyclic) bond motifs is 1. The van der Waals surface area contributed by atoms with Gasteiger partial charge in [0.2, 0.25) is 5.89 Å². The molecule has 0 radical (unpaired) electrons. The minimum Gasteiger partial charge on any atom is -0.339 e. The topological polar surface area (TPSA) is 89.4 Å².